The van der Waals surface area contributed by atoms with Crippen molar-refractivity contribution in [2.45, 2.75) is 39.2 Å². The normalized spacial score (nSPS) is 10.8. The van der Waals surface area contributed by atoms with E-state index in [1.807, 2.05) is 26.0 Å². The van der Waals surface area contributed by atoms with Gasteiger partial charge >= 0.3 is 0 Å². The number of ether oxygens (including phenoxy) is 2. The van der Waals surface area contributed by atoms with Gasteiger partial charge in [-0.05, 0) is 51.8 Å². The summed E-state index contributed by atoms with van der Waals surface area (Å²) in [6, 6.07) is 3.93. The van der Waals surface area contributed by atoms with Crippen molar-refractivity contribution in [3.05, 3.63) is 22.2 Å². The van der Waals surface area contributed by atoms with E-state index in [1.54, 1.807) is 7.11 Å². The van der Waals surface area contributed by atoms with Crippen LogP contribution in [0.4, 0.5) is 0 Å². The van der Waals surface area contributed by atoms with Crippen molar-refractivity contribution in [3.63, 3.8) is 0 Å². The minimum Gasteiger partial charge on any atom is -0.493 e. The molecule has 0 radical (unpaired) electrons. The first-order valence-corrected chi connectivity index (χ1v) is 7.11. The van der Waals surface area contributed by atoms with Gasteiger partial charge in [-0.1, -0.05) is 15.9 Å². The summed E-state index contributed by atoms with van der Waals surface area (Å²) in [6.45, 7) is 4.76. The van der Waals surface area contributed by atoms with Gasteiger partial charge in [0.05, 0.1) is 13.2 Å². The fourth-order valence-electron chi connectivity index (χ4n) is 1.79. The van der Waals surface area contributed by atoms with Gasteiger partial charge in [-0.25, -0.2) is 0 Å². The van der Waals surface area contributed by atoms with Crippen molar-refractivity contribution in [2.24, 2.45) is 5.73 Å². The summed E-state index contributed by atoms with van der Waals surface area (Å²) >= 11 is 3.59. The summed E-state index contributed by atoms with van der Waals surface area (Å²) < 4.78 is 12.3. The summed E-state index contributed by atoms with van der Waals surface area (Å²) in [5.74, 6) is 1.63. The quantitative estimate of drug-likeness (QED) is 0.783. The van der Waals surface area contributed by atoms with Gasteiger partial charge in [0.2, 0.25) is 0 Å². The van der Waals surface area contributed by atoms with E-state index in [2.05, 4.69) is 15.9 Å². The number of rotatable bonds is 7. The molecule has 102 valence electrons. The van der Waals surface area contributed by atoms with Crippen molar-refractivity contribution in [2.75, 3.05) is 13.7 Å². The molecular weight excluding hydrogens is 294 g/mol. The molecular formula is C14H22BrNO2. The molecule has 0 saturated heterocycles. The molecule has 0 fully saturated rings. The van der Waals surface area contributed by atoms with Crippen molar-refractivity contribution < 1.29 is 9.47 Å². The lowest BCUT2D eigenvalue weighted by Crippen LogP contribution is -2.09. The maximum Gasteiger partial charge on any atom is 0.165 e. The number of hydrogen-bond donors (Lipinski definition) is 1. The van der Waals surface area contributed by atoms with E-state index in [0.717, 1.165) is 47.3 Å². The Balaban J connectivity index is 3.01. The zero-order chi connectivity index (χ0) is 13.5. The third-order valence-electron chi connectivity index (χ3n) is 2.62. The van der Waals surface area contributed by atoms with Crippen molar-refractivity contribution in [1.29, 1.82) is 0 Å². The lowest BCUT2D eigenvalue weighted by molar-refractivity contribution is 0.227. The van der Waals surface area contributed by atoms with Crippen LogP contribution in [0.15, 0.2) is 16.6 Å². The predicted molar refractivity (Wildman–Crippen MR) is 78.5 cm³/mol. The molecule has 1 aromatic rings. The molecule has 0 atom stereocenters. The van der Waals surface area contributed by atoms with Crippen LogP contribution in [0.1, 0.15) is 32.3 Å². The van der Waals surface area contributed by atoms with E-state index in [9.17, 15) is 0 Å². The topological polar surface area (TPSA) is 44.5 Å². The Labute approximate surface area is 118 Å². The number of unbranched alkanes of at least 4 members (excludes halogenated alkanes) is 1. The van der Waals surface area contributed by atoms with Crippen LogP contribution in [-0.2, 0) is 6.42 Å². The Morgan fingerprint density at radius 3 is 2.56 bits per heavy atom. The SMILES string of the molecule is COc1ccc(Br)c(CCCCN)c1OC(C)C. The highest BCUT2D eigenvalue weighted by Gasteiger charge is 2.15. The molecule has 0 aliphatic carbocycles. The molecule has 0 spiro atoms. The second kappa shape index (κ2) is 7.64. The molecule has 18 heavy (non-hydrogen) atoms. The van der Waals surface area contributed by atoms with E-state index in [4.69, 9.17) is 15.2 Å². The highest BCUT2D eigenvalue weighted by Crippen LogP contribution is 2.37. The van der Waals surface area contributed by atoms with Gasteiger partial charge in [0.1, 0.15) is 0 Å². The fourth-order valence-corrected chi connectivity index (χ4v) is 2.30. The van der Waals surface area contributed by atoms with Crippen LogP contribution in [0.5, 0.6) is 11.5 Å². The van der Waals surface area contributed by atoms with Crippen molar-refractivity contribution in [3.8, 4) is 11.5 Å². The maximum atomic E-state index is 5.89. The van der Waals surface area contributed by atoms with Gasteiger partial charge < -0.3 is 15.2 Å². The summed E-state index contributed by atoms with van der Waals surface area (Å²) in [4.78, 5) is 0. The van der Waals surface area contributed by atoms with E-state index in [0.29, 0.717) is 0 Å². The van der Waals surface area contributed by atoms with Gasteiger partial charge in [0.25, 0.3) is 0 Å². The van der Waals surface area contributed by atoms with Crippen LogP contribution in [0.2, 0.25) is 0 Å². The molecule has 0 unspecified atom stereocenters. The molecule has 0 saturated carbocycles. The largest absolute Gasteiger partial charge is 0.493 e. The van der Waals surface area contributed by atoms with E-state index >= 15 is 0 Å². The summed E-state index contributed by atoms with van der Waals surface area (Å²) in [5, 5.41) is 0. The average Bonchev–Trinajstić information content (AvgIpc) is 2.32. The predicted octanol–water partition coefficient (Wildman–Crippen LogP) is 3.53. The van der Waals surface area contributed by atoms with Gasteiger partial charge in [0.15, 0.2) is 11.5 Å². The molecule has 0 bridgehead atoms. The zero-order valence-corrected chi connectivity index (χ0v) is 12.9. The number of nitrogens with two attached hydrogens (primary N) is 1. The molecule has 0 amide bonds. The van der Waals surface area contributed by atoms with Crippen LogP contribution < -0.4 is 15.2 Å². The molecule has 1 rings (SSSR count). The maximum absolute atomic E-state index is 5.89. The van der Waals surface area contributed by atoms with Crippen molar-refractivity contribution >= 4 is 15.9 Å². The van der Waals surface area contributed by atoms with Crippen LogP contribution in [-0.4, -0.2) is 19.8 Å². The first-order chi connectivity index (χ1) is 8.60. The molecule has 1 aromatic carbocycles. The second-order valence-corrected chi connectivity index (χ2v) is 5.32. The van der Waals surface area contributed by atoms with Gasteiger partial charge in [-0.15, -0.1) is 0 Å². The van der Waals surface area contributed by atoms with Crippen LogP contribution in [0, 0.1) is 0 Å². The Bertz CT molecular complexity index is 380. The number of hydrogen-bond acceptors (Lipinski definition) is 3. The summed E-state index contributed by atoms with van der Waals surface area (Å²) in [5.41, 5.74) is 6.70. The molecule has 2 N–H and O–H groups in total. The number of benzene rings is 1. The van der Waals surface area contributed by atoms with Crippen molar-refractivity contribution in [1.82, 2.24) is 0 Å². The Morgan fingerprint density at radius 1 is 1.28 bits per heavy atom. The molecule has 0 aromatic heterocycles. The van der Waals surface area contributed by atoms with E-state index < -0.39 is 0 Å². The Morgan fingerprint density at radius 2 is 2.00 bits per heavy atom. The van der Waals surface area contributed by atoms with E-state index in [-0.39, 0.29) is 6.10 Å². The fraction of sp³-hybridized carbons (Fsp3) is 0.571. The lowest BCUT2D eigenvalue weighted by Gasteiger charge is -2.18. The summed E-state index contributed by atoms with van der Waals surface area (Å²) in [6.07, 6.45) is 3.14. The highest BCUT2D eigenvalue weighted by atomic mass is 79.9. The Hall–Kier alpha value is -0.740. The zero-order valence-electron chi connectivity index (χ0n) is 11.3. The third-order valence-corrected chi connectivity index (χ3v) is 3.36. The van der Waals surface area contributed by atoms with Crippen LogP contribution in [0.25, 0.3) is 0 Å². The molecule has 0 aliphatic heterocycles. The number of halogens is 1. The smallest absolute Gasteiger partial charge is 0.165 e. The first-order valence-electron chi connectivity index (χ1n) is 6.32. The standard InChI is InChI=1S/C14H22BrNO2/c1-10(2)18-14-11(6-4-5-9-16)12(15)7-8-13(14)17-3/h7-8,10H,4-6,9,16H2,1-3H3. The highest BCUT2D eigenvalue weighted by molar-refractivity contribution is 9.10. The van der Waals surface area contributed by atoms with Crippen LogP contribution in [0.3, 0.4) is 0 Å². The van der Waals surface area contributed by atoms with Gasteiger partial charge in [-0.3, -0.25) is 0 Å². The molecule has 4 heteroatoms. The monoisotopic (exact) mass is 315 g/mol. The molecule has 3 nitrogen and oxygen atoms in total. The minimum atomic E-state index is 0.126. The average molecular weight is 316 g/mol. The molecule has 0 aliphatic rings. The summed E-state index contributed by atoms with van der Waals surface area (Å²) in [7, 11) is 1.67. The minimum absolute atomic E-state index is 0.126. The first kappa shape index (κ1) is 15.3. The second-order valence-electron chi connectivity index (χ2n) is 4.47. The third kappa shape index (κ3) is 4.18. The van der Waals surface area contributed by atoms with Crippen LogP contribution >= 0.6 is 15.9 Å². The number of methoxy groups -OCH3 is 1. The molecule has 0 heterocycles. The van der Waals surface area contributed by atoms with Gasteiger partial charge in [0, 0.05) is 10.0 Å². The Kier molecular flexibility index (Phi) is 6.50. The lowest BCUT2D eigenvalue weighted by atomic mass is 10.1. The van der Waals surface area contributed by atoms with Gasteiger partial charge in [-0.2, -0.15) is 0 Å². The van der Waals surface area contributed by atoms with E-state index in [1.165, 1.54) is 0 Å².